The molecule has 0 aromatic heterocycles. The maximum Gasteiger partial charge on any atom is 0.236 e. The molecule has 0 aliphatic carbocycles. The third-order valence-electron chi connectivity index (χ3n) is 3.64. The van der Waals surface area contributed by atoms with E-state index in [1.807, 2.05) is 6.92 Å². The molecule has 100 valence electrons. The highest BCUT2D eigenvalue weighted by atomic mass is 16.2. The molecule has 4 heteroatoms. The Balaban J connectivity index is 2.48. The molecule has 0 radical (unpaired) electrons. The summed E-state index contributed by atoms with van der Waals surface area (Å²) in [5, 5.41) is 6.13. The van der Waals surface area contributed by atoms with E-state index in [4.69, 9.17) is 0 Å². The largest absolute Gasteiger partial charge is 0.358 e. The van der Waals surface area contributed by atoms with E-state index in [0.717, 1.165) is 38.5 Å². The quantitative estimate of drug-likeness (QED) is 0.724. The third-order valence-corrected chi connectivity index (χ3v) is 3.64. The zero-order valence-electron chi connectivity index (χ0n) is 11.5. The van der Waals surface area contributed by atoms with Gasteiger partial charge in [0.2, 0.25) is 5.91 Å². The average molecular weight is 241 g/mol. The standard InChI is InChI=1S/C13H27N3O/c1-4-9-16(11(2)13(17)14-3)10-12-5-7-15-8-6-12/h11-12,15H,4-10H2,1-3H3,(H,14,17). The van der Waals surface area contributed by atoms with Gasteiger partial charge in [0.05, 0.1) is 6.04 Å². The van der Waals surface area contributed by atoms with Crippen molar-refractivity contribution in [3.63, 3.8) is 0 Å². The van der Waals surface area contributed by atoms with Crippen molar-refractivity contribution in [3.8, 4) is 0 Å². The van der Waals surface area contributed by atoms with Crippen molar-refractivity contribution in [2.45, 2.75) is 39.2 Å². The molecule has 0 spiro atoms. The molecule has 0 bridgehead atoms. The Kier molecular flexibility index (Phi) is 6.52. The van der Waals surface area contributed by atoms with Crippen LogP contribution in [0.4, 0.5) is 0 Å². The number of nitrogens with zero attached hydrogens (tertiary/aromatic N) is 1. The van der Waals surface area contributed by atoms with Gasteiger partial charge in [-0.3, -0.25) is 9.69 Å². The lowest BCUT2D eigenvalue weighted by molar-refractivity contribution is -0.125. The molecular weight excluding hydrogens is 214 g/mol. The van der Waals surface area contributed by atoms with E-state index in [1.54, 1.807) is 7.05 Å². The van der Waals surface area contributed by atoms with Gasteiger partial charge in [0.15, 0.2) is 0 Å². The number of amides is 1. The molecule has 1 atom stereocenters. The normalized spacial score (nSPS) is 19.3. The van der Waals surface area contributed by atoms with Crippen LogP contribution in [0.2, 0.25) is 0 Å². The highest BCUT2D eigenvalue weighted by Crippen LogP contribution is 2.15. The summed E-state index contributed by atoms with van der Waals surface area (Å²) in [6.07, 6.45) is 3.58. The molecule has 0 aromatic rings. The van der Waals surface area contributed by atoms with Crippen molar-refractivity contribution in [1.82, 2.24) is 15.5 Å². The molecule has 1 saturated heterocycles. The number of likely N-dealkylation sites (N-methyl/N-ethyl adjacent to an activating group) is 1. The molecule has 17 heavy (non-hydrogen) atoms. The van der Waals surface area contributed by atoms with Crippen LogP contribution in [0.15, 0.2) is 0 Å². The van der Waals surface area contributed by atoms with Gasteiger partial charge in [-0.15, -0.1) is 0 Å². The second-order valence-corrected chi connectivity index (χ2v) is 4.98. The fraction of sp³-hybridized carbons (Fsp3) is 0.923. The Bertz CT molecular complexity index is 227. The SMILES string of the molecule is CCCN(CC1CCNCC1)C(C)C(=O)NC. The zero-order chi connectivity index (χ0) is 12.7. The molecule has 1 heterocycles. The maximum absolute atomic E-state index is 11.7. The monoisotopic (exact) mass is 241 g/mol. The first-order valence-electron chi connectivity index (χ1n) is 6.85. The summed E-state index contributed by atoms with van der Waals surface area (Å²) in [5.41, 5.74) is 0. The highest BCUT2D eigenvalue weighted by Gasteiger charge is 2.23. The smallest absolute Gasteiger partial charge is 0.236 e. The summed E-state index contributed by atoms with van der Waals surface area (Å²) in [4.78, 5) is 14.0. The molecule has 1 fully saturated rings. The summed E-state index contributed by atoms with van der Waals surface area (Å²) >= 11 is 0. The second kappa shape index (κ2) is 7.67. The Labute approximate surface area is 105 Å². The lowest BCUT2D eigenvalue weighted by Crippen LogP contribution is -2.47. The predicted molar refractivity (Wildman–Crippen MR) is 71.0 cm³/mol. The van der Waals surface area contributed by atoms with Crippen LogP contribution < -0.4 is 10.6 Å². The van der Waals surface area contributed by atoms with Gasteiger partial charge < -0.3 is 10.6 Å². The molecule has 0 aromatic carbocycles. The van der Waals surface area contributed by atoms with Crippen LogP contribution >= 0.6 is 0 Å². The lowest BCUT2D eigenvalue weighted by atomic mass is 9.97. The van der Waals surface area contributed by atoms with Crippen LogP contribution in [0.1, 0.15) is 33.1 Å². The molecule has 1 amide bonds. The summed E-state index contributed by atoms with van der Waals surface area (Å²) in [6, 6.07) is -0.00478. The minimum atomic E-state index is -0.00478. The molecule has 0 saturated carbocycles. The second-order valence-electron chi connectivity index (χ2n) is 4.98. The van der Waals surface area contributed by atoms with Crippen molar-refractivity contribution in [3.05, 3.63) is 0 Å². The fourth-order valence-electron chi connectivity index (χ4n) is 2.50. The van der Waals surface area contributed by atoms with Gasteiger partial charge in [-0.2, -0.15) is 0 Å². The van der Waals surface area contributed by atoms with E-state index in [0.29, 0.717) is 0 Å². The van der Waals surface area contributed by atoms with E-state index >= 15 is 0 Å². The van der Waals surface area contributed by atoms with E-state index in [-0.39, 0.29) is 11.9 Å². The predicted octanol–water partition coefficient (Wildman–Crippen LogP) is 0.833. The summed E-state index contributed by atoms with van der Waals surface area (Å²) in [7, 11) is 1.72. The van der Waals surface area contributed by atoms with Crippen LogP contribution in [-0.4, -0.2) is 50.1 Å². The third kappa shape index (κ3) is 4.64. The molecule has 2 N–H and O–H groups in total. The van der Waals surface area contributed by atoms with Crippen molar-refractivity contribution in [2.75, 3.05) is 33.2 Å². The van der Waals surface area contributed by atoms with Gasteiger partial charge in [-0.05, 0) is 51.7 Å². The van der Waals surface area contributed by atoms with Crippen molar-refractivity contribution in [2.24, 2.45) is 5.92 Å². The van der Waals surface area contributed by atoms with Gasteiger partial charge >= 0.3 is 0 Å². The number of carbonyl (C=O) groups excluding carboxylic acids is 1. The molecule has 1 aliphatic heterocycles. The van der Waals surface area contributed by atoms with Crippen LogP contribution in [-0.2, 0) is 4.79 Å². The Morgan fingerprint density at radius 3 is 2.65 bits per heavy atom. The summed E-state index contributed by atoms with van der Waals surface area (Å²) < 4.78 is 0. The Hall–Kier alpha value is -0.610. The number of nitrogens with one attached hydrogen (secondary N) is 2. The number of carbonyl (C=O) groups is 1. The number of rotatable bonds is 6. The van der Waals surface area contributed by atoms with Gasteiger partial charge in [-0.1, -0.05) is 6.92 Å². The van der Waals surface area contributed by atoms with E-state index in [9.17, 15) is 4.79 Å². The molecular formula is C13H27N3O. The van der Waals surface area contributed by atoms with Gasteiger partial charge in [-0.25, -0.2) is 0 Å². The first kappa shape index (κ1) is 14.5. The molecule has 4 nitrogen and oxygen atoms in total. The molecule has 1 aliphatic rings. The summed E-state index contributed by atoms with van der Waals surface area (Å²) in [6.45, 7) is 8.50. The topological polar surface area (TPSA) is 44.4 Å². The van der Waals surface area contributed by atoms with E-state index < -0.39 is 0 Å². The molecule has 1 unspecified atom stereocenters. The van der Waals surface area contributed by atoms with E-state index in [2.05, 4.69) is 22.5 Å². The average Bonchev–Trinajstić information content (AvgIpc) is 2.37. The van der Waals surface area contributed by atoms with Crippen LogP contribution in [0.3, 0.4) is 0 Å². The minimum Gasteiger partial charge on any atom is -0.358 e. The van der Waals surface area contributed by atoms with Crippen LogP contribution in [0, 0.1) is 5.92 Å². The lowest BCUT2D eigenvalue weighted by Gasteiger charge is -2.33. The number of hydrogen-bond acceptors (Lipinski definition) is 3. The van der Waals surface area contributed by atoms with Crippen LogP contribution in [0.5, 0.6) is 0 Å². The maximum atomic E-state index is 11.7. The molecule has 1 rings (SSSR count). The van der Waals surface area contributed by atoms with Crippen molar-refractivity contribution in [1.29, 1.82) is 0 Å². The van der Waals surface area contributed by atoms with Crippen molar-refractivity contribution >= 4 is 5.91 Å². The van der Waals surface area contributed by atoms with Crippen molar-refractivity contribution < 1.29 is 4.79 Å². The Morgan fingerprint density at radius 1 is 1.47 bits per heavy atom. The first-order valence-corrected chi connectivity index (χ1v) is 6.85. The fourth-order valence-corrected chi connectivity index (χ4v) is 2.50. The highest BCUT2D eigenvalue weighted by molar-refractivity contribution is 5.80. The first-order chi connectivity index (χ1) is 8.19. The Morgan fingerprint density at radius 2 is 2.12 bits per heavy atom. The van der Waals surface area contributed by atoms with Gasteiger partial charge in [0.25, 0.3) is 0 Å². The summed E-state index contributed by atoms with van der Waals surface area (Å²) in [5.74, 6) is 0.877. The number of hydrogen-bond donors (Lipinski definition) is 2. The van der Waals surface area contributed by atoms with Gasteiger partial charge in [0, 0.05) is 13.6 Å². The van der Waals surface area contributed by atoms with E-state index in [1.165, 1.54) is 12.8 Å². The van der Waals surface area contributed by atoms with Crippen LogP contribution in [0.25, 0.3) is 0 Å². The number of piperidine rings is 1. The zero-order valence-corrected chi connectivity index (χ0v) is 11.5. The minimum absolute atomic E-state index is 0.00478. The van der Waals surface area contributed by atoms with Gasteiger partial charge in [0.1, 0.15) is 0 Å².